The van der Waals surface area contributed by atoms with Crippen LogP contribution in [-0.4, -0.2) is 53.1 Å². The summed E-state index contributed by atoms with van der Waals surface area (Å²) in [5.74, 6) is 1.61. The summed E-state index contributed by atoms with van der Waals surface area (Å²) in [7, 11) is 1.99. The fourth-order valence-electron chi connectivity index (χ4n) is 3.91. The van der Waals surface area contributed by atoms with E-state index in [1.165, 1.54) is 24.1 Å². The van der Waals surface area contributed by atoms with Crippen molar-refractivity contribution in [1.29, 1.82) is 0 Å². The van der Waals surface area contributed by atoms with E-state index in [4.69, 9.17) is 0 Å². The molecule has 27 heavy (non-hydrogen) atoms. The van der Waals surface area contributed by atoms with Crippen LogP contribution in [0.25, 0.3) is 0 Å². The molecule has 4 rings (SSSR count). The molecule has 0 bridgehead atoms. The third-order valence-corrected chi connectivity index (χ3v) is 5.65. The Morgan fingerprint density at radius 1 is 1.26 bits per heavy atom. The Bertz CT molecular complexity index is 789. The molecule has 1 atom stereocenters. The fraction of sp³-hybridized carbons (Fsp3) is 0.524. The van der Waals surface area contributed by atoms with Gasteiger partial charge in [0.1, 0.15) is 5.82 Å². The summed E-state index contributed by atoms with van der Waals surface area (Å²) in [6, 6.07) is 8.69. The number of anilines is 1. The zero-order chi connectivity index (χ0) is 18.8. The maximum Gasteiger partial charge on any atom is 0.234 e. The van der Waals surface area contributed by atoms with Crippen LogP contribution in [0, 0.1) is 12.8 Å². The number of imidazole rings is 1. The number of nitrogens with zero attached hydrogens (tertiary/aromatic N) is 4. The van der Waals surface area contributed by atoms with Crippen molar-refractivity contribution < 1.29 is 4.79 Å². The summed E-state index contributed by atoms with van der Waals surface area (Å²) in [6.07, 6.45) is 6.10. The molecule has 1 N–H and O–H groups in total. The van der Waals surface area contributed by atoms with Crippen LogP contribution in [0.5, 0.6) is 0 Å². The van der Waals surface area contributed by atoms with Gasteiger partial charge in [0.05, 0.1) is 12.6 Å². The Hall–Kier alpha value is -2.34. The number of aryl methyl sites for hydroxylation is 2. The van der Waals surface area contributed by atoms with Crippen LogP contribution < -0.4 is 10.2 Å². The predicted octanol–water partition coefficient (Wildman–Crippen LogP) is 2.12. The van der Waals surface area contributed by atoms with Crippen molar-refractivity contribution in [3.05, 3.63) is 48.0 Å². The van der Waals surface area contributed by atoms with Gasteiger partial charge in [0.15, 0.2) is 0 Å². The topological polar surface area (TPSA) is 53.4 Å². The van der Waals surface area contributed by atoms with Crippen LogP contribution in [0.15, 0.2) is 36.7 Å². The number of rotatable bonds is 6. The first-order valence-electron chi connectivity index (χ1n) is 9.91. The highest BCUT2D eigenvalue weighted by Gasteiger charge is 2.36. The molecule has 2 fully saturated rings. The number of hydrogen-bond donors (Lipinski definition) is 1. The summed E-state index contributed by atoms with van der Waals surface area (Å²) >= 11 is 0. The summed E-state index contributed by atoms with van der Waals surface area (Å²) < 4.78 is 2.02. The molecular weight excluding hydrogens is 338 g/mol. The molecule has 6 heteroatoms. The van der Waals surface area contributed by atoms with Gasteiger partial charge in [-0.05, 0) is 43.4 Å². The van der Waals surface area contributed by atoms with Crippen LogP contribution in [0.3, 0.4) is 0 Å². The standard InChI is InChI=1S/C21H29N5O/c1-16-4-3-5-18(14-16)26-12-10-25(11-13-26)15-19(27)23-20(17-6-7-17)21-22-8-9-24(21)2/h3-5,8-9,14,17,20H,6-7,10-13,15H2,1-2H3,(H,23,27). The van der Waals surface area contributed by atoms with Gasteiger partial charge in [-0.1, -0.05) is 12.1 Å². The Balaban J connectivity index is 1.30. The van der Waals surface area contributed by atoms with Crippen LogP contribution in [-0.2, 0) is 11.8 Å². The second-order valence-corrected chi connectivity index (χ2v) is 7.88. The van der Waals surface area contributed by atoms with Gasteiger partial charge in [-0.25, -0.2) is 4.98 Å². The Morgan fingerprint density at radius 2 is 2.04 bits per heavy atom. The van der Waals surface area contributed by atoms with E-state index in [9.17, 15) is 4.79 Å². The molecule has 1 amide bonds. The minimum atomic E-state index is 0.0473. The average molecular weight is 367 g/mol. The molecule has 2 heterocycles. The highest BCUT2D eigenvalue weighted by atomic mass is 16.2. The largest absolute Gasteiger partial charge is 0.369 e. The zero-order valence-corrected chi connectivity index (χ0v) is 16.3. The summed E-state index contributed by atoms with van der Waals surface area (Å²) in [6.45, 7) is 6.34. The second-order valence-electron chi connectivity index (χ2n) is 7.88. The lowest BCUT2D eigenvalue weighted by atomic mass is 10.1. The Kier molecular flexibility index (Phi) is 5.16. The van der Waals surface area contributed by atoms with E-state index in [1.54, 1.807) is 6.20 Å². The number of benzene rings is 1. The number of hydrogen-bond acceptors (Lipinski definition) is 4. The van der Waals surface area contributed by atoms with E-state index in [-0.39, 0.29) is 11.9 Å². The monoisotopic (exact) mass is 367 g/mol. The lowest BCUT2D eigenvalue weighted by Crippen LogP contribution is -2.50. The maximum absolute atomic E-state index is 12.7. The molecule has 2 aliphatic rings. The van der Waals surface area contributed by atoms with Crippen LogP contribution in [0.2, 0.25) is 0 Å². The van der Waals surface area contributed by atoms with Gasteiger partial charge in [0.25, 0.3) is 0 Å². The molecule has 1 aliphatic carbocycles. The van der Waals surface area contributed by atoms with Gasteiger partial charge >= 0.3 is 0 Å². The molecule has 6 nitrogen and oxygen atoms in total. The highest BCUT2D eigenvalue weighted by molar-refractivity contribution is 5.78. The van der Waals surface area contributed by atoms with Crippen molar-refractivity contribution in [2.45, 2.75) is 25.8 Å². The fourth-order valence-corrected chi connectivity index (χ4v) is 3.91. The first-order valence-corrected chi connectivity index (χ1v) is 9.91. The van der Waals surface area contributed by atoms with Gasteiger partial charge < -0.3 is 14.8 Å². The lowest BCUT2D eigenvalue weighted by molar-refractivity contribution is -0.123. The first-order chi connectivity index (χ1) is 13.1. The van der Waals surface area contributed by atoms with Gasteiger partial charge in [-0.3, -0.25) is 9.69 Å². The lowest BCUT2D eigenvalue weighted by Gasteiger charge is -2.36. The van der Waals surface area contributed by atoms with E-state index in [1.807, 2.05) is 17.8 Å². The molecule has 144 valence electrons. The summed E-state index contributed by atoms with van der Waals surface area (Å²) in [4.78, 5) is 21.8. The third kappa shape index (κ3) is 4.33. The SMILES string of the molecule is Cc1cccc(N2CCN(CC(=O)NC(c3nccn3C)C3CC3)CC2)c1. The Morgan fingerprint density at radius 3 is 2.67 bits per heavy atom. The molecular formula is C21H29N5O. The van der Waals surface area contributed by atoms with Crippen molar-refractivity contribution in [2.24, 2.45) is 13.0 Å². The highest BCUT2D eigenvalue weighted by Crippen LogP contribution is 2.40. The van der Waals surface area contributed by atoms with Crippen molar-refractivity contribution in [2.75, 3.05) is 37.6 Å². The van der Waals surface area contributed by atoms with Gasteiger partial charge in [-0.15, -0.1) is 0 Å². The van der Waals surface area contributed by atoms with Gasteiger partial charge in [0, 0.05) is 51.3 Å². The van der Waals surface area contributed by atoms with E-state index in [2.05, 4.69) is 51.3 Å². The van der Waals surface area contributed by atoms with Gasteiger partial charge in [0.2, 0.25) is 5.91 Å². The smallest absolute Gasteiger partial charge is 0.234 e. The number of piperazine rings is 1. The zero-order valence-electron chi connectivity index (χ0n) is 16.3. The quantitative estimate of drug-likeness (QED) is 0.850. The number of amides is 1. The first kappa shape index (κ1) is 18.0. The van der Waals surface area contributed by atoms with Crippen molar-refractivity contribution in [3.8, 4) is 0 Å². The van der Waals surface area contributed by atoms with E-state index < -0.39 is 0 Å². The third-order valence-electron chi connectivity index (χ3n) is 5.65. The van der Waals surface area contributed by atoms with Crippen molar-refractivity contribution in [3.63, 3.8) is 0 Å². The predicted molar refractivity (Wildman–Crippen MR) is 107 cm³/mol. The molecule has 0 spiro atoms. The second kappa shape index (κ2) is 7.72. The Labute approximate surface area is 161 Å². The minimum absolute atomic E-state index is 0.0473. The van der Waals surface area contributed by atoms with E-state index in [0.717, 1.165) is 32.0 Å². The molecule has 2 aromatic rings. The van der Waals surface area contributed by atoms with Crippen molar-refractivity contribution in [1.82, 2.24) is 19.8 Å². The number of aromatic nitrogens is 2. The molecule has 1 saturated carbocycles. The van der Waals surface area contributed by atoms with Crippen LogP contribution in [0.4, 0.5) is 5.69 Å². The number of nitrogens with one attached hydrogen (secondary N) is 1. The molecule has 1 saturated heterocycles. The number of carbonyl (C=O) groups is 1. The summed E-state index contributed by atoms with van der Waals surface area (Å²) in [5, 5.41) is 3.24. The van der Waals surface area contributed by atoms with Crippen LogP contribution >= 0.6 is 0 Å². The van der Waals surface area contributed by atoms with Crippen molar-refractivity contribution >= 4 is 11.6 Å². The van der Waals surface area contributed by atoms with Crippen LogP contribution in [0.1, 0.15) is 30.3 Å². The van der Waals surface area contributed by atoms with E-state index >= 15 is 0 Å². The summed E-state index contributed by atoms with van der Waals surface area (Å²) in [5.41, 5.74) is 2.57. The minimum Gasteiger partial charge on any atom is -0.369 e. The molecule has 1 aliphatic heterocycles. The molecule has 0 radical (unpaired) electrons. The average Bonchev–Trinajstić information content (AvgIpc) is 3.41. The molecule has 1 unspecified atom stereocenters. The normalized spacial score (nSPS) is 19.1. The van der Waals surface area contributed by atoms with E-state index in [0.29, 0.717) is 12.5 Å². The molecule has 1 aromatic carbocycles. The van der Waals surface area contributed by atoms with Gasteiger partial charge in [-0.2, -0.15) is 0 Å². The number of carbonyl (C=O) groups excluding carboxylic acids is 1. The molecule has 1 aromatic heterocycles. The maximum atomic E-state index is 12.7.